The van der Waals surface area contributed by atoms with Gasteiger partial charge in [0.15, 0.2) is 0 Å². The number of carbonyl (C=O) groups is 1. The molecule has 0 radical (unpaired) electrons. The molecule has 0 aromatic rings. The lowest BCUT2D eigenvalue weighted by Crippen LogP contribution is -2.44. The van der Waals surface area contributed by atoms with Crippen LogP contribution in [0.4, 0.5) is 8.78 Å². The number of carbonyl (C=O) groups excluding carboxylic acids is 1. The normalized spacial score (nSPS) is 20.2. The molecule has 17 heavy (non-hydrogen) atoms. The van der Waals surface area contributed by atoms with E-state index in [1.165, 1.54) is 0 Å². The maximum absolute atomic E-state index is 13.1. The largest absolute Gasteiger partial charge is 0.472 e. The van der Waals surface area contributed by atoms with Crippen LogP contribution in [0.15, 0.2) is 0 Å². The molecule has 0 aromatic heterocycles. The maximum Gasteiger partial charge on any atom is 0.391 e. The van der Waals surface area contributed by atoms with Gasteiger partial charge in [-0.2, -0.15) is 17.2 Å². The topological polar surface area (TPSA) is 80.7 Å². The second-order valence-electron chi connectivity index (χ2n) is 4.10. The van der Waals surface area contributed by atoms with Crippen LogP contribution in [0.2, 0.25) is 0 Å². The van der Waals surface area contributed by atoms with Crippen LogP contribution in [0.25, 0.3) is 0 Å². The standard InChI is InChI=1S/C8H11F2O5S.Al.2H/c9-8(10,16(12,13)14)5-15-7(11)6-3-1-2-4-6;;;/h5-6H,1-4H2,(H,12,13,14);;;. The molecular formula is C8H13AlF2O5S. The van der Waals surface area contributed by atoms with E-state index in [-0.39, 0.29) is 16.3 Å². The van der Waals surface area contributed by atoms with Gasteiger partial charge in [-0.25, -0.2) is 0 Å². The molecule has 0 saturated heterocycles. The van der Waals surface area contributed by atoms with Crippen molar-refractivity contribution in [2.45, 2.75) is 35.9 Å². The molecule has 0 heterocycles. The zero-order valence-corrected chi connectivity index (χ0v) is 12.0. The molecule has 0 aliphatic heterocycles. The lowest BCUT2D eigenvalue weighted by Gasteiger charge is -2.22. The van der Waals surface area contributed by atoms with E-state index in [1.807, 2.05) is 0 Å². The Hall–Kier alpha value is -0.228. The third-order valence-corrected chi connectivity index (χ3v) is 5.20. The summed E-state index contributed by atoms with van der Waals surface area (Å²) in [5.74, 6) is -1.23. The molecule has 9 heteroatoms. The number of hydrogen-bond acceptors (Lipinski definition) is 4. The second kappa shape index (κ2) is 5.18. The van der Waals surface area contributed by atoms with Crippen LogP contribution >= 0.6 is 0 Å². The van der Waals surface area contributed by atoms with E-state index < -0.39 is 32.2 Å². The van der Waals surface area contributed by atoms with Gasteiger partial charge < -0.3 is 4.74 Å². The highest BCUT2D eigenvalue weighted by molar-refractivity contribution is 7.87. The monoisotopic (exact) mass is 286 g/mol. The minimum Gasteiger partial charge on any atom is -0.472 e. The molecule has 1 aliphatic carbocycles. The second-order valence-corrected chi connectivity index (χ2v) is 6.64. The first-order valence-corrected chi connectivity index (χ1v) is 7.81. The van der Waals surface area contributed by atoms with Crippen LogP contribution < -0.4 is 0 Å². The number of ether oxygens (including phenoxy) is 1. The Morgan fingerprint density at radius 2 is 1.88 bits per heavy atom. The van der Waals surface area contributed by atoms with Crippen LogP contribution in [0.1, 0.15) is 25.7 Å². The Morgan fingerprint density at radius 3 is 2.29 bits per heavy atom. The highest BCUT2D eigenvalue weighted by Gasteiger charge is 2.51. The quantitative estimate of drug-likeness (QED) is 0.452. The summed E-state index contributed by atoms with van der Waals surface area (Å²) in [6.07, 6.45) is 2.82. The summed E-state index contributed by atoms with van der Waals surface area (Å²) in [7, 11) is -5.55. The summed E-state index contributed by atoms with van der Waals surface area (Å²) in [6.45, 7) is 0. The van der Waals surface area contributed by atoms with Crippen LogP contribution in [0.5, 0.6) is 0 Å². The summed E-state index contributed by atoms with van der Waals surface area (Å²) < 4.78 is 59.9. The van der Waals surface area contributed by atoms with Gasteiger partial charge in [0.2, 0.25) is 0 Å². The molecule has 5 nitrogen and oxygen atoms in total. The van der Waals surface area contributed by atoms with Crippen molar-refractivity contribution in [3.63, 3.8) is 0 Å². The van der Waals surface area contributed by atoms with E-state index >= 15 is 0 Å². The van der Waals surface area contributed by atoms with Gasteiger partial charge in [0.25, 0.3) is 16.3 Å². The Labute approximate surface area is 106 Å². The Balaban J connectivity index is 2.65. The lowest BCUT2D eigenvalue weighted by molar-refractivity contribution is -0.158. The molecule has 0 amide bonds. The van der Waals surface area contributed by atoms with Gasteiger partial charge in [-0.05, 0) is 12.8 Å². The van der Waals surface area contributed by atoms with Crippen LogP contribution in [-0.2, 0) is 19.6 Å². The van der Waals surface area contributed by atoms with Crippen molar-refractivity contribution < 1.29 is 31.3 Å². The minimum absolute atomic E-state index is 0.385. The molecule has 0 bridgehead atoms. The third-order valence-electron chi connectivity index (χ3n) is 2.80. The third kappa shape index (κ3) is 3.38. The van der Waals surface area contributed by atoms with E-state index in [4.69, 9.17) is 4.55 Å². The minimum atomic E-state index is -5.55. The zero-order chi connectivity index (χ0) is 13.3. The van der Waals surface area contributed by atoms with Crippen LogP contribution in [-0.4, -0.2) is 45.5 Å². The average Bonchev–Trinajstić information content (AvgIpc) is 2.68. The molecule has 1 atom stereocenters. The molecule has 1 saturated carbocycles. The number of hydrogen-bond donors (Lipinski definition) is 1. The predicted molar refractivity (Wildman–Crippen MR) is 56.9 cm³/mol. The zero-order valence-electron chi connectivity index (χ0n) is 9.23. The van der Waals surface area contributed by atoms with Crippen molar-refractivity contribution >= 4 is 32.4 Å². The number of esters is 1. The maximum atomic E-state index is 13.1. The summed E-state index contributed by atoms with van der Waals surface area (Å²) in [5, 5.41) is -4.42. The smallest absolute Gasteiger partial charge is 0.391 e. The first kappa shape index (κ1) is 14.8. The average molecular weight is 286 g/mol. The van der Waals surface area contributed by atoms with E-state index in [0.717, 1.165) is 12.8 Å². The van der Waals surface area contributed by atoms with E-state index in [0.29, 0.717) is 12.8 Å². The molecule has 0 spiro atoms. The molecule has 1 fully saturated rings. The highest BCUT2D eigenvalue weighted by atomic mass is 32.2. The van der Waals surface area contributed by atoms with Crippen molar-refractivity contribution in [2.75, 3.05) is 0 Å². The fourth-order valence-electron chi connectivity index (χ4n) is 1.71. The van der Waals surface area contributed by atoms with Crippen LogP contribution in [0.3, 0.4) is 0 Å². The van der Waals surface area contributed by atoms with Gasteiger partial charge >= 0.3 is 21.3 Å². The van der Waals surface area contributed by atoms with E-state index in [1.54, 1.807) is 0 Å². The Morgan fingerprint density at radius 1 is 1.41 bits per heavy atom. The molecule has 0 aromatic carbocycles. The molecule has 1 N–H and O–H groups in total. The summed E-state index contributed by atoms with van der Waals surface area (Å²) in [4.78, 5) is 9.36. The van der Waals surface area contributed by atoms with Crippen molar-refractivity contribution in [3.8, 4) is 0 Å². The van der Waals surface area contributed by atoms with Crippen molar-refractivity contribution in [3.05, 3.63) is 0 Å². The summed E-state index contributed by atoms with van der Waals surface area (Å²) in [5.41, 5.74) is 0. The first-order chi connectivity index (χ1) is 7.66. The lowest BCUT2D eigenvalue weighted by atomic mass is 10.1. The number of rotatable bonds is 4. The Kier molecular flexibility index (Phi) is 4.52. The fourth-order valence-corrected chi connectivity index (χ4v) is 3.30. The fraction of sp³-hybridized carbons (Fsp3) is 0.875. The first-order valence-electron chi connectivity index (χ1n) is 5.21. The van der Waals surface area contributed by atoms with Crippen molar-refractivity contribution in [1.82, 2.24) is 0 Å². The highest BCUT2D eigenvalue weighted by Crippen LogP contribution is 2.29. The van der Waals surface area contributed by atoms with Gasteiger partial charge in [0, 0.05) is 0 Å². The molecule has 98 valence electrons. The molecule has 1 unspecified atom stereocenters. The molecular weight excluding hydrogens is 273 g/mol. The van der Waals surface area contributed by atoms with Gasteiger partial charge in [-0.3, -0.25) is 9.35 Å². The Bertz CT molecular complexity index is 391. The van der Waals surface area contributed by atoms with E-state index in [2.05, 4.69) is 4.74 Å². The van der Waals surface area contributed by atoms with E-state index in [9.17, 15) is 22.0 Å². The number of alkyl halides is 2. The van der Waals surface area contributed by atoms with Gasteiger partial charge in [0.1, 0.15) is 4.97 Å². The predicted octanol–water partition coefficient (Wildman–Crippen LogP) is 0.160. The molecule has 1 aliphatic rings. The van der Waals surface area contributed by atoms with Gasteiger partial charge in [0.05, 0.1) is 5.92 Å². The van der Waals surface area contributed by atoms with Gasteiger partial charge in [-0.15, -0.1) is 0 Å². The van der Waals surface area contributed by atoms with Gasteiger partial charge in [-0.1, -0.05) is 12.8 Å². The van der Waals surface area contributed by atoms with Crippen LogP contribution in [0, 0.1) is 5.92 Å². The summed E-state index contributed by atoms with van der Waals surface area (Å²) in [6, 6.07) is 0. The summed E-state index contributed by atoms with van der Waals surface area (Å²) >= 11 is -0.385. The molecule has 1 rings (SSSR count). The number of halogens is 2. The van der Waals surface area contributed by atoms with Crippen molar-refractivity contribution in [1.29, 1.82) is 0 Å². The van der Waals surface area contributed by atoms with Crippen molar-refractivity contribution in [2.24, 2.45) is 5.92 Å². The SMILES string of the molecule is O=C(O[CH]([AlH2])C(F)(F)S(=O)(=O)O)C1CCCC1.